The topological polar surface area (TPSA) is 70.5 Å². The van der Waals surface area contributed by atoms with E-state index in [4.69, 9.17) is 0 Å². The second-order valence-electron chi connectivity index (χ2n) is 6.70. The predicted octanol–water partition coefficient (Wildman–Crippen LogP) is 1.95. The largest absolute Gasteiger partial charge is 0.335 e. The van der Waals surface area contributed by atoms with E-state index in [-0.39, 0.29) is 11.9 Å². The number of thiophene rings is 1. The highest BCUT2D eigenvalue weighted by Gasteiger charge is 2.28. The SMILES string of the molecule is O=C(NCc1cccs1)N1CCN(C(=O)c2cnn3c2CCCC3)CC1. The monoisotopic (exact) mass is 373 g/mol. The number of nitrogens with one attached hydrogen (secondary N) is 1. The molecule has 0 unspecified atom stereocenters. The Morgan fingerprint density at radius 2 is 1.92 bits per heavy atom. The lowest BCUT2D eigenvalue weighted by atomic mass is 10.1. The van der Waals surface area contributed by atoms with Gasteiger partial charge in [0.1, 0.15) is 0 Å². The average molecular weight is 373 g/mol. The fourth-order valence-electron chi connectivity index (χ4n) is 3.57. The summed E-state index contributed by atoms with van der Waals surface area (Å²) < 4.78 is 1.96. The summed E-state index contributed by atoms with van der Waals surface area (Å²) in [5, 5.41) is 9.31. The van der Waals surface area contributed by atoms with Crippen LogP contribution in [-0.4, -0.2) is 57.7 Å². The Kier molecular flexibility index (Phi) is 4.92. The number of hydrogen-bond donors (Lipinski definition) is 1. The van der Waals surface area contributed by atoms with Gasteiger partial charge in [-0.25, -0.2) is 4.79 Å². The second kappa shape index (κ2) is 7.49. The lowest BCUT2D eigenvalue weighted by Crippen LogP contribution is -2.53. The van der Waals surface area contributed by atoms with Gasteiger partial charge in [-0.2, -0.15) is 5.10 Å². The summed E-state index contributed by atoms with van der Waals surface area (Å²) in [6, 6.07) is 3.92. The van der Waals surface area contributed by atoms with Crippen molar-refractivity contribution >= 4 is 23.3 Å². The standard InChI is InChI=1S/C18H23N5O2S/c24-17(15-13-20-23-6-2-1-5-16(15)23)21-7-9-22(10-8-21)18(25)19-12-14-4-3-11-26-14/h3-4,11,13H,1-2,5-10,12H2,(H,19,25). The summed E-state index contributed by atoms with van der Waals surface area (Å²) >= 11 is 1.63. The molecule has 2 aromatic heterocycles. The minimum Gasteiger partial charge on any atom is -0.335 e. The number of nitrogens with zero attached hydrogens (tertiary/aromatic N) is 4. The molecule has 2 aliphatic rings. The van der Waals surface area contributed by atoms with Crippen molar-refractivity contribution in [2.24, 2.45) is 0 Å². The first-order valence-corrected chi connectivity index (χ1v) is 9.99. The summed E-state index contributed by atoms with van der Waals surface area (Å²) in [4.78, 5) is 29.9. The summed E-state index contributed by atoms with van der Waals surface area (Å²) in [5.74, 6) is 0.0480. The van der Waals surface area contributed by atoms with Gasteiger partial charge in [-0.3, -0.25) is 9.48 Å². The van der Waals surface area contributed by atoms with E-state index >= 15 is 0 Å². The number of aryl methyl sites for hydroxylation is 1. The number of carbonyl (C=O) groups is 2. The van der Waals surface area contributed by atoms with Crippen molar-refractivity contribution in [3.8, 4) is 0 Å². The molecule has 2 aliphatic heterocycles. The van der Waals surface area contributed by atoms with E-state index in [9.17, 15) is 9.59 Å². The normalized spacial score (nSPS) is 17.1. The highest BCUT2D eigenvalue weighted by molar-refractivity contribution is 7.09. The quantitative estimate of drug-likeness (QED) is 0.894. The van der Waals surface area contributed by atoms with Gasteiger partial charge in [-0.1, -0.05) is 6.07 Å². The highest BCUT2D eigenvalue weighted by Crippen LogP contribution is 2.20. The molecule has 4 rings (SSSR count). The maximum atomic E-state index is 12.8. The molecule has 8 heteroatoms. The van der Waals surface area contributed by atoms with Crippen LogP contribution in [0.4, 0.5) is 4.79 Å². The molecule has 26 heavy (non-hydrogen) atoms. The molecule has 2 aromatic rings. The van der Waals surface area contributed by atoms with Gasteiger partial charge in [-0.15, -0.1) is 11.3 Å². The third-order valence-electron chi connectivity index (χ3n) is 5.06. The van der Waals surface area contributed by atoms with Gasteiger partial charge in [-0.05, 0) is 30.7 Å². The summed E-state index contributed by atoms with van der Waals surface area (Å²) in [6.07, 6.45) is 4.88. The average Bonchev–Trinajstić information content (AvgIpc) is 3.35. The Bertz CT molecular complexity index is 778. The van der Waals surface area contributed by atoms with Gasteiger partial charge in [0.15, 0.2) is 0 Å². The molecule has 0 spiro atoms. The summed E-state index contributed by atoms with van der Waals surface area (Å²) in [5.41, 5.74) is 1.80. The van der Waals surface area contributed by atoms with Crippen LogP contribution in [0.3, 0.4) is 0 Å². The van der Waals surface area contributed by atoms with Crippen LogP contribution in [-0.2, 0) is 19.5 Å². The summed E-state index contributed by atoms with van der Waals surface area (Å²) in [7, 11) is 0. The van der Waals surface area contributed by atoms with Crippen LogP contribution in [0.1, 0.15) is 33.8 Å². The molecule has 0 saturated carbocycles. The lowest BCUT2D eigenvalue weighted by molar-refractivity contribution is 0.0663. The van der Waals surface area contributed by atoms with Gasteiger partial charge < -0.3 is 15.1 Å². The Balaban J connectivity index is 1.31. The number of urea groups is 1. The summed E-state index contributed by atoms with van der Waals surface area (Å²) in [6.45, 7) is 3.71. The van der Waals surface area contributed by atoms with Crippen LogP contribution in [0.25, 0.3) is 0 Å². The van der Waals surface area contributed by atoms with Crippen molar-refractivity contribution in [2.75, 3.05) is 26.2 Å². The molecule has 3 amide bonds. The van der Waals surface area contributed by atoms with E-state index in [1.807, 2.05) is 27.1 Å². The van der Waals surface area contributed by atoms with Crippen molar-refractivity contribution in [1.82, 2.24) is 24.9 Å². The zero-order valence-electron chi connectivity index (χ0n) is 14.7. The number of aromatic nitrogens is 2. The van der Waals surface area contributed by atoms with Crippen molar-refractivity contribution in [3.05, 3.63) is 39.8 Å². The molecule has 138 valence electrons. The van der Waals surface area contributed by atoms with Crippen LogP contribution < -0.4 is 5.32 Å². The number of amides is 3. The number of fused-ring (bicyclic) bond motifs is 1. The fourth-order valence-corrected chi connectivity index (χ4v) is 4.21. The third kappa shape index (κ3) is 3.46. The van der Waals surface area contributed by atoms with Gasteiger partial charge in [0.25, 0.3) is 5.91 Å². The van der Waals surface area contributed by atoms with Crippen LogP contribution in [0.5, 0.6) is 0 Å². The third-order valence-corrected chi connectivity index (χ3v) is 5.94. The zero-order chi connectivity index (χ0) is 17.9. The molecule has 0 radical (unpaired) electrons. The van der Waals surface area contributed by atoms with Gasteiger partial charge in [0.05, 0.1) is 24.0 Å². The maximum Gasteiger partial charge on any atom is 0.317 e. The predicted molar refractivity (Wildman–Crippen MR) is 99.2 cm³/mol. The van der Waals surface area contributed by atoms with E-state index in [1.165, 1.54) is 0 Å². The van der Waals surface area contributed by atoms with Crippen molar-refractivity contribution in [2.45, 2.75) is 32.4 Å². The first-order valence-electron chi connectivity index (χ1n) is 9.11. The first-order chi connectivity index (χ1) is 12.7. The van der Waals surface area contributed by atoms with Gasteiger partial charge in [0.2, 0.25) is 0 Å². The second-order valence-corrected chi connectivity index (χ2v) is 7.73. The maximum absolute atomic E-state index is 12.8. The van der Waals surface area contributed by atoms with E-state index < -0.39 is 0 Å². The van der Waals surface area contributed by atoms with E-state index in [2.05, 4.69) is 10.4 Å². The molecule has 0 aromatic carbocycles. The Hall–Kier alpha value is -2.35. The van der Waals surface area contributed by atoms with Crippen LogP contribution >= 0.6 is 11.3 Å². The molecule has 1 saturated heterocycles. The molecule has 0 aliphatic carbocycles. The van der Waals surface area contributed by atoms with Gasteiger partial charge in [0, 0.05) is 37.6 Å². The van der Waals surface area contributed by atoms with Crippen molar-refractivity contribution in [1.29, 1.82) is 0 Å². The smallest absolute Gasteiger partial charge is 0.317 e. The number of hydrogen-bond acceptors (Lipinski definition) is 4. The van der Waals surface area contributed by atoms with E-state index in [1.54, 1.807) is 22.4 Å². The number of piperazine rings is 1. The Labute approximate surface area is 156 Å². The van der Waals surface area contributed by atoms with Crippen LogP contribution in [0, 0.1) is 0 Å². The van der Waals surface area contributed by atoms with Crippen LogP contribution in [0.15, 0.2) is 23.7 Å². The Morgan fingerprint density at radius 1 is 1.12 bits per heavy atom. The highest BCUT2D eigenvalue weighted by atomic mass is 32.1. The fraction of sp³-hybridized carbons (Fsp3) is 0.500. The van der Waals surface area contributed by atoms with E-state index in [0.717, 1.165) is 41.9 Å². The minimum absolute atomic E-state index is 0.0480. The van der Waals surface area contributed by atoms with Crippen molar-refractivity contribution < 1.29 is 9.59 Å². The molecular weight excluding hydrogens is 350 g/mol. The van der Waals surface area contributed by atoms with Crippen molar-refractivity contribution in [3.63, 3.8) is 0 Å². The first kappa shape index (κ1) is 17.1. The number of rotatable bonds is 3. The molecule has 0 atom stereocenters. The minimum atomic E-state index is -0.0617. The molecule has 1 fully saturated rings. The van der Waals surface area contributed by atoms with Gasteiger partial charge >= 0.3 is 6.03 Å². The molecular formula is C18H23N5O2S. The molecule has 1 N–H and O–H groups in total. The molecule has 4 heterocycles. The van der Waals surface area contributed by atoms with Crippen LogP contribution in [0.2, 0.25) is 0 Å². The number of carbonyl (C=O) groups excluding carboxylic acids is 2. The lowest BCUT2D eigenvalue weighted by Gasteiger charge is -2.34. The zero-order valence-corrected chi connectivity index (χ0v) is 15.5. The molecule has 7 nitrogen and oxygen atoms in total. The Morgan fingerprint density at radius 3 is 2.69 bits per heavy atom. The molecule has 0 bridgehead atoms. The van der Waals surface area contributed by atoms with E-state index in [0.29, 0.717) is 32.7 Å².